The van der Waals surface area contributed by atoms with Crippen molar-refractivity contribution < 1.29 is 9.18 Å². The number of Topliss-reactive ketones (excluding diaryl/α,β-unsaturated/α-hetero) is 1. The Kier molecular flexibility index (Phi) is 3.82. The number of aromatic nitrogens is 1. The molecular weight excluding hydrogens is 229 g/mol. The number of carbonyl (C=O) groups excluding carboxylic acids is 1. The van der Waals surface area contributed by atoms with Gasteiger partial charge in [0.25, 0.3) is 0 Å². The predicted molar refractivity (Wildman–Crippen MR) is 68.0 cm³/mol. The lowest BCUT2D eigenvalue weighted by Gasteiger charge is -2.04. The van der Waals surface area contributed by atoms with Crippen LogP contribution in [0.3, 0.4) is 0 Å². The minimum atomic E-state index is -0.311. The average Bonchev–Trinajstić information content (AvgIpc) is 2.37. The first kappa shape index (κ1) is 12.4. The Morgan fingerprint density at radius 3 is 2.78 bits per heavy atom. The largest absolute Gasteiger partial charge is 0.294 e. The highest BCUT2D eigenvalue weighted by Crippen LogP contribution is 2.13. The van der Waals surface area contributed by atoms with Crippen LogP contribution in [-0.2, 0) is 6.42 Å². The van der Waals surface area contributed by atoms with Crippen molar-refractivity contribution in [3.8, 4) is 0 Å². The maximum absolute atomic E-state index is 12.9. The molecule has 0 saturated heterocycles. The molecule has 1 aromatic heterocycles. The zero-order valence-electron chi connectivity index (χ0n) is 10.2. The van der Waals surface area contributed by atoms with E-state index in [2.05, 4.69) is 4.98 Å². The fraction of sp³-hybridized carbons (Fsp3) is 0.200. The maximum atomic E-state index is 12.9. The van der Waals surface area contributed by atoms with Crippen molar-refractivity contribution in [1.82, 2.24) is 4.98 Å². The Hall–Kier alpha value is -2.03. The van der Waals surface area contributed by atoms with Crippen LogP contribution in [0.15, 0.2) is 42.6 Å². The van der Waals surface area contributed by atoms with E-state index in [1.54, 1.807) is 19.2 Å². The van der Waals surface area contributed by atoms with Crippen LogP contribution in [0.2, 0.25) is 0 Å². The summed E-state index contributed by atoms with van der Waals surface area (Å²) in [6.07, 6.45) is 2.71. The molecule has 0 radical (unpaired) electrons. The number of pyridine rings is 1. The van der Waals surface area contributed by atoms with E-state index in [4.69, 9.17) is 0 Å². The summed E-state index contributed by atoms with van der Waals surface area (Å²) in [7, 11) is 0. The van der Waals surface area contributed by atoms with Crippen LogP contribution in [0.5, 0.6) is 0 Å². The molecule has 3 heteroatoms. The molecule has 0 fully saturated rings. The van der Waals surface area contributed by atoms with E-state index in [1.165, 1.54) is 12.1 Å². The van der Waals surface area contributed by atoms with Gasteiger partial charge in [-0.1, -0.05) is 6.07 Å². The van der Waals surface area contributed by atoms with Crippen LogP contribution in [0.1, 0.15) is 28.0 Å². The number of ketones is 1. The number of halogens is 1. The van der Waals surface area contributed by atoms with Gasteiger partial charge in [0.05, 0.1) is 0 Å². The zero-order valence-corrected chi connectivity index (χ0v) is 10.2. The van der Waals surface area contributed by atoms with Crippen molar-refractivity contribution in [1.29, 1.82) is 0 Å². The van der Waals surface area contributed by atoms with Crippen LogP contribution >= 0.6 is 0 Å². The molecular formula is C15H14FNO. The maximum Gasteiger partial charge on any atom is 0.163 e. The first-order valence-corrected chi connectivity index (χ1v) is 5.86. The number of carbonyl (C=O) groups is 1. The van der Waals surface area contributed by atoms with Gasteiger partial charge in [0.1, 0.15) is 5.82 Å². The first-order valence-electron chi connectivity index (χ1n) is 5.86. The van der Waals surface area contributed by atoms with E-state index >= 15 is 0 Å². The molecule has 0 bridgehead atoms. The van der Waals surface area contributed by atoms with Gasteiger partial charge in [-0.2, -0.15) is 0 Å². The topological polar surface area (TPSA) is 30.0 Å². The SMILES string of the molecule is Cc1cc(F)ccc1C(=O)CCc1ccccn1. The second-order valence-electron chi connectivity index (χ2n) is 4.20. The fourth-order valence-corrected chi connectivity index (χ4v) is 1.86. The third-order valence-electron chi connectivity index (χ3n) is 2.82. The smallest absolute Gasteiger partial charge is 0.163 e. The third-order valence-corrected chi connectivity index (χ3v) is 2.82. The van der Waals surface area contributed by atoms with Crippen molar-refractivity contribution in [2.45, 2.75) is 19.8 Å². The molecule has 0 amide bonds. The van der Waals surface area contributed by atoms with Gasteiger partial charge in [0, 0.05) is 23.9 Å². The first-order chi connectivity index (χ1) is 8.66. The molecule has 0 aliphatic heterocycles. The summed E-state index contributed by atoms with van der Waals surface area (Å²) >= 11 is 0. The summed E-state index contributed by atoms with van der Waals surface area (Å²) in [6.45, 7) is 1.75. The Bertz CT molecular complexity index is 552. The minimum absolute atomic E-state index is 0.0261. The zero-order chi connectivity index (χ0) is 13.0. The standard InChI is InChI=1S/C15H14FNO/c1-11-10-12(16)5-7-14(11)15(18)8-6-13-4-2-3-9-17-13/h2-5,7,9-10H,6,8H2,1H3. The van der Waals surface area contributed by atoms with Gasteiger partial charge in [-0.05, 0) is 49.2 Å². The summed E-state index contributed by atoms with van der Waals surface area (Å²) in [5.41, 5.74) is 2.17. The molecule has 0 aliphatic rings. The van der Waals surface area contributed by atoms with Crippen molar-refractivity contribution in [3.05, 3.63) is 65.2 Å². The molecule has 0 saturated carbocycles. The van der Waals surface area contributed by atoms with Crippen molar-refractivity contribution in [3.63, 3.8) is 0 Å². The molecule has 92 valence electrons. The predicted octanol–water partition coefficient (Wildman–Crippen LogP) is 3.34. The van der Waals surface area contributed by atoms with Gasteiger partial charge < -0.3 is 0 Å². The molecule has 2 aromatic rings. The van der Waals surface area contributed by atoms with Crippen LogP contribution in [-0.4, -0.2) is 10.8 Å². The van der Waals surface area contributed by atoms with Gasteiger partial charge in [-0.25, -0.2) is 4.39 Å². The van der Waals surface area contributed by atoms with Gasteiger partial charge in [0.2, 0.25) is 0 Å². The molecule has 0 unspecified atom stereocenters. The minimum Gasteiger partial charge on any atom is -0.294 e. The Balaban J connectivity index is 2.04. The summed E-state index contributed by atoms with van der Waals surface area (Å²) in [5.74, 6) is -0.285. The molecule has 2 rings (SSSR count). The van der Waals surface area contributed by atoms with E-state index < -0.39 is 0 Å². The van der Waals surface area contributed by atoms with Crippen molar-refractivity contribution >= 4 is 5.78 Å². The Morgan fingerprint density at radius 2 is 2.11 bits per heavy atom. The molecule has 2 nitrogen and oxygen atoms in total. The highest BCUT2D eigenvalue weighted by Gasteiger charge is 2.10. The highest BCUT2D eigenvalue weighted by molar-refractivity contribution is 5.97. The molecule has 18 heavy (non-hydrogen) atoms. The molecule has 0 atom stereocenters. The lowest BCUT2D eigenvalue weighted by atomic mass is 10.0. The Labute approximate surface area is 105 Å². The summed E-state index contributed by atoms with van der Waals surface area (Å²) in [4.78, 5) is 16.2. The van der Waals surface area contributed by atoms with Gasteiger partial charge in [-0.3, -0.25) is 9.78 Å². The highest BCUT2D eigenvalue weighted by atomic mass is 19.1. The van der Waals surface area contributed by atoms with Gasteiger partial charge >= 0.3 is 0 Å². The normalized spacial score (nSPS) is 10.3. The average molecular weight is 243 g/mol. The number of aryl methyl sites for hydroxylation is 2. The molecule has 1 heterocycles. The fourth-order valence-electron chi connectivity index (χ4n) is 1.86. The summed E-state index contributed by atoms with van der Waals surface area (Å²) in [5, 5.41) is 0. The van der Waals surface area contributed by atoms with E-state index in [-0.39, 0.29) is 11.6 Å². The quantitative estimate of drug-likeness (QED) is 0.771. The van der Waals surface area contributed by atoms with Crippen molar-refractivity contribution in [2.24, 2.45) is 0 Å². The Morgan fingerprint density at radius 1 is 1.28 bits per heavy atom. The lowest BCUT2D eigenvalue weighted by Crippen LogP contribution is -2.04. The number of benzene rings is 1. The van der Waals surface area contributed by atoms with Gasteiger partial charge in [-0.15, -0.1) is 0 Å². The van der Waals surface area contributed by atoms with E-state index in [1.807, 2.05) is 18.2 Å². The second-order valence-corrected chi connectivity index (χ2v) is 4.20. The third kappa shape index (κ3) is 3.00. The lowest BCUT2D eigenvalue weighted by molar-refractivity contribution is 0.0982. The number of nitrogens with zero attached hydrogens (tertiary/aromatic N) is 1. The summed E-state index contributed by atoms with van der Waals surface area (Å²) in [6, 6.07) is 9.89. The van der Waals surface area contributed by atoms with Crippen LogP contribution in [0.4, 0.5) is 4.39 Å². The number of hydrogen-bond donors (Lipinski definition) is 0. The molecule has 1 aromatic carbocycles. The monoisotopic (exact) mass is 243 g/mol. The van der Waals surface area contributed by atoms with Gasteiger partial charge in [0.15, 0.2) is 5.78 Å². The van der Waals surface area contributed by atoms with E-state index in [0.717, 1.165) is 5.69 Å². The molecule has 0 aliphatic carbocycles. The number of rotatable bonds is 4. The van der Waals surface area contributed by atoms with E-state index in [9.17, 15) is 9.18 Å². The van der Waals surface area contributed by atoms with Crippen molar-refractivity contribution in [2.75, 3.05) is 0 Å². The summed E-state index contributed by atoms with van der Waals surface area (Å²) < 4.78 is 12.9. The number of hydrogen-bond acceptors (Lipinski definition) is 2. The van der Waals surface area contributed by atoms with Crippen LogP contribution in [0, 0.1) is 12.7 Å². The van der Waals surface area contributed by atoms with Crippen LogP contribution in [0.25, 0.3) is 0 Å². The molecule has 0 N–H and O–H groups in total. The van der Waals surface area contributed by atoms with Crippen LogP contribution < -0.4 is 0 Å². The second kappa shape index (κ2) is 5.54. The molecule has 0 spiro atoms. The van der Waals surface area contributed by atoms with E-state index in [0.29, 0.717) is 24.0 Å².